The maximum Gasteiger partial charge on any atom is 0.382 e. The van der Waals surface area contributed by atoms with E-state index in [1.165, 1.54) is 6.07 Å². The lowest BCUT2D eigenvalue weighted by Crippen LogP contribution is -2.22. The Morgan fingerprint density at radius 2 is 1.68 bits per heavy atom. The molecule has 0 spiro atoms. The molecule has 0 aliphatic heterocycles. The van der Waals surface area contributed by atoms with Crippen LogP contribution in [0.1, 0.15) is 66.9 Å². The van der Waals surface area contributed by atoms with E-state index in [0.717, 1.165) is 63.7 Å². The zero-order valence-electron chi connectivity index (χ0n) is 21.7. The lowest BCUT2D eigenvalue weighted by molar-refractivity contribution is -0.133. The minimum Gasteiger partial charge on any atom is -0.508 e. The maximum absolute atomic E-state index is 11.6. The molecule has 0 aliphatic rings. The van der Waals surface area contributed by atoms with Crippen LogP contribution in [0.2, 0.25) is 0 Å². The predicted octanol–water partition coefficient (Wildman–Crippen LogP) is 2.40. The Hall–Kier alpha value is -2.54. The van der Waals surface area contributed by atoms with E-state index in [1.807, 2.05) is 18.2 Å². The molecule has 0 bridgehead atoms. The number of nitrogens with one attached hydrogen (secondary N) is 1. The van der Waals surface area contributed by atoms with Gasteiger partial charge in [-0.2, -0.15) is 13.6 Å². The van der Waals surface area contributed by atoms with E-state index in [1.54, 1.807) is 18.2 Å². The van der Waals surface area contributed by atoms with Gasteiger partial charge >= 0.3 is 16.3 Å². The first-order chi connectivity index (χ1) is 18.2. The molecule has 0 unspecified atom stereocenters. The second kappa shape index (κ2) is 17.1. The Bertz CT molecular complexity index is 1090. The molecular formula is C27H40N2O8S. The summed E-state index contributed by atoms with van der Waals surface area (Å²) in [5.74, 6) is -0.880. The molecule has 212 valence electrons. The third-order valence-corrected chi connectivity index (χ3v) is 6.36. The number of hydrogen-bond acceptors (Lipinski definition) is 9. The summed E-state index contributed by atoms with van der Waals surface area (Å²) >= 11 is 0. The highest BCUT2D eigenvalue weighted by atomic mass is 32.2. The van der Waals surface area contributed by atoms with E-state index in [9.17, 15) is 28.5 Å². The first-order valence-corrected chi connectivity index (χ1v) is 14.4. The van der Waals surface area contributed by atoms with Crippen molar-refractivity contribution in [2.24, 2.45) is 5.14 Å². The zero-order chi connectivity index (χ0) is 27.8. The van der Waals surface area contributed by atoms with Gasteiger partial charge in [0.1, 0.15) is 5.75 Å². The van der Waals surface area contributed by atoms with Gasteiger partial charge in [0.05, 0.1) is 19.1 Å². The van der Waals surface area contributed by atoms with Crippen molar-refractivity contribution >= 4 is 16.3 Å². The highest BCUT2D eigenvalue weighted by molar-refractivity contribution is 7.84. The molecule has 11 heteroatoms. The molecular weight excluding hydrogens is 512 g/mol. The molecule has 0 radical (unpaired) electrons. The van der Waals surface area contributed by atoms with Gasteiger partial charge in [0.2, 0.25) is 0 Å². The Labute approximate surface area is 225 Å². The van der Waals surface area contributed by atoms with Crippen molar-refractivity contribution in [1.29, 1.82) is 0 Å². The second-order valence-electron chi connectivity index (χ2n) is 9.19. The molecule has 0 saturated carbocycles. The summed E-state index contributed by atoms with van der Waals surface area (Å²) in [5.41, 5.74) is 2.81. The Morgan fingerprint density at radius 1 is 0.974 bits per heavy atom. The summed E-state index contributed by atoms with van der Waals surface area (Å²) in [6, 6.07) is 12.2. The summed E-state index contributed by atoms with van der Waals surface area (Å²) in [5, 5.41) is 37.0. The standard InChI is InChI=1S/C27H40N2O8S/c28-38(34,35)37-27(33)17-22-10-7-9-21(16-22)8-3-1-5-14-36-15-6-2-4-13-29-19-26(32)23-11-12-25(31)24(18-23)20-30/h7,9-12,16,18,26,29-32H,1-6,8,13-15,17,19-20H2,(H2,28,34,35)/t26-/m0/s1. The van der Waals surface area contributed by atoms with Crippen LogP contribution >= 0.6 is 0 Å². The van der Waals surface area contributed by atoms with Gasteiger partial charge in [0, 0.05) is 25.3 Å². The number of phenols is 1. The van der Waals surface area contributed by atoms with Crippen LogP contribution in [0.15, 0.2) is 42.5 Å². The van der Waals surface area contributed by atoms with Gasteiger partial charge < -0.3 is 29.6 Å². The number of aromatic hydroxyl groups is 1. The van der Waals surface area contributed by atoms with E-state index in [-0.39, 0.29) is 18.8 Å². The third-order valence-electron chi connectivity index (χ3n) is 5.94. The number of unbranched alkanes of at least 4 members (excludes halogenated alkanes) is 4. The number of ether oxygens (including phenoxy) is 1. The van der Waals surface area contributed by atoms with Gasteiger partial charge in [-0.3, -0.25) is 4.79 Å². The molecule has 2 aromatic carbocycles. The number of carbonyl (C=O) groups is 1. The molecule has 6 N–H and O–H groups in total. The lowest BCUT2D eigenvalue weighted by atomic mass is 10.0. The molecule has 1 atom stereocenters. The fourth-order valence-corrected chi connectivity index (χ4v) is 4.28. The van der Waals surface area contributed by atoms with Crippen LogP contribution < -0.4 is 10.5 Å². The summed E-state index contributed by atoms with van der Waals surface area (Å²) < 4.78 is 31.5. The minimum atomic E-state index is -4.29. The Balaban J connectivity index is 1.45. The Kier molecular flexibility index (Phi) is 14.3. The molecule has 2 aromatic rings. The fourth-order valence-electron chi connectivity index (χ4n) is 3.96. The number of rotatable bonds is 19. The summed E-state index contributed by atoms with van der Waals surface area (Å²) in [7, 11) is -4.29. The average molecular weight is 553 g/mol. The number of aliphatic hydroxyl groups excluding tert-OH is 2. The Morgan fingerprint density at radius 3 is 2.39 bits per heavy atom. The van der Waals surface area contributed by atoms with Crippen LogP contribution in [0.5, 0.6) is 5.75 Å². The van der Waals surface area contributed by atoms with Gasteiger partial charge in [0.15, 0.2) is 0 Å². The quantitative estimate of drug-likeness (QED) is 0.164. The van der Waals surface area contributed by atoms with Crippen molar-refractivity contribution in [3.63, 3.8) is 0 Å². The van der Waals surface area contributed by atoms with Crippen LogP contribution in [-0.2, 0) is 43.5 Å². The van der Waals surface area contributed by atoms with Crippen LogP contribution in [0.25, 0.3) is 0 Å². The highest BCUT2D eigenvalue weighted by Crippen LogP contribution is 2.22. The van der Waals surface area contributed by atoms with Crippen molar-refractivity contribution in [1.82, 2.24) is 5.32 Å². The molecule has 0 amide bonds. The fraction of sp³-hybridized carbons (Fsp3) is 0.519. The number of aryl methyl sites for hydroxylation is 1. The van der Waals surface area contributed by atoms with Crippen molar-refractivity contribution in [3.05, 3.63) is 64.7 Å². The van der Waals surface area contributed by atoms with E-state index >= 15 is 0 Å². The normalized spacial score (nSPS) is 12.4. The van der Waals surface area contributed by atoms with Crippen molar-refractivity contribution in [2.75, 3.05) is 26.3 Å². The molecule has 10 nitrogen and oxygen atoms in total. The molecule has 38 heavy (non-hydrogen) atoms. The number of benzene rings is 2. The van der Waals surface area contributed by atoms with Gasteiger partial charge in [-0.1, -0.05) is 36.8 Å². The number of carbonyl (C=O) groups excluding carboxylic acids is 1. The van der Waals surface area contributed by atoms with E-state index in [0.29, 0.717) is 29.8 Å². The zero-order valence-corrected chi connectivity index (χ0v) is 22.5. The van der Waals surface area contributed by atoms with Crippen molar-refractivity contribution < 1.29 is 37.5 Å². The smallest absolute Gasteiger partial charge is 0.382 e. The summed E-state index contributed by atoms with van der Waals surface area (Å²) in [4.78, 5) is 11.6. The second-order valence-corrected chi connectivity index (χ2v) is 10.3. The van der Waals surface area contributed by atoms with E-state index < -0.39 is 22.4 Å². The van der Waals surface area contributed by atoms with Crippen LogP contribution in [0.3, 0.4) is 0 Å². The summed E-state index contributed by atoms with van der Waals surface area (Å²) in [6.45, 7) is 2.35. The van der Waals surface area contributed by atoms with Crippen molar-refractivity contribution in [3.8, 4) is 5.75 Å². The van der Waals surface area contributed by atoms with Gasteiger partial charge in [-0.15, -0.1) is 0 Å². The monoisotopic (exact) mass is 552 g/mol. The average Bonchev–Trinajstić information content (AvgIpc) is 2.86. The number of aliphatic hydroxyl groups is 2. The molecule has 0 aliphatic carbocycles. The molecule has 0 heterocycles. The highest BCUT2D eigenvalue weighted by Gasteiger charge is 2.13. The number of hydrogen-bond donors (Lipinski definition) is 5. The molecule has 0 fully saturated rings. The molecule has 0 aromatic heterocycles. The van der Waals surface area contributed by atoms with Crippen LogP contribution in [0.4, 0.5) is 0 Å². The van der Waals surface area contributed by atoms with Crippen LogP contribution in [0, 0.1) is 0 Å². The van der Waals surface area contributed by atoms with E-state index in [2.05, 4.69) is 9.50 Å². The SMILES string of the molecule is NS(=O)(=O)OC(=O)Cc1cccc(CCCCCOCCCCCNC[C@H](O)c2ccc(O)c(CO)c2)c1. The summed E-state index contributed by atoms with van der Waals surface area (Å²) in [6.07, 6.45) is 5.95. The van der Waals surface area contributed by atoms with Gasteiger partial charge in [-0.05, 0) is 73.9 Å². The topological polar surface area (TPSA) is 168 Å². The first kappa shape index (κ1) is 31.7. The minimum absolute atomic E-state index is 0.0223. The first-order valence-electron chi connectivity index (χ1n) is 12.9. The van der Waals surface area contributed by atoms with Gasteiger partial charge in [-0.25, -0.2) is 0 Å². The predicted molar refractivity (Wildman–Crippen MR) is 143 cm³/mol. The number of nitrogens with two attached hydrogens (primary N) is 1. The molecule has 0 saturated heterocycles. The maximum atomic E-state index is 11.6. The third kappa shape index (κ3) is 13.3. The van der Waals surface area contributed by atoms with E-state index in [4.69, 9.17) is 9.88 Å². The molecule has 2 rings (SSSR count). The van der Waals surface area contributed by atoms with Crippen LogP contribution in [-0.4, -0.2) is 56.0 Å². The lowest BCUT2D eigenvalue weighted by Gasteiger charge is -2.14. The largest absolute Gasteiger partial charge is 0.508 e. The van der Waals surface area contributed by atoms with Gasteiger partial charge in [0.25, 0.3) is 0 Å². The van der Waals surface area contributed by atoms with Crippen molar-refractivity contribution in [2.45, 2.75) is 64.1 Å².